The van der Waals surface area contributed by atoms with Crippen LogP contribution in [0.4, 0.5) is 10.8 Å². The molecule has 0 saturated carbocycles. The highest BCUT2D eigenvalue weighted by atomic mass is 32.1. The number of anilines is 2. The molecule has 0 saturated heterocycles. The van der Waals surface area contributed by atoms with E-state index in [0.29, 0.717) is 11.7 Å². The van der Waals surface area contributed by atoms with Gasteiger partial charge in [-0.25, -0.2) is 4.98 Å². The quantitative estimate of drug-likeness (QED) is 0.852. The predicted octanol–water partition coefficient (Wildman–Crippen LogP) is 2.59. The molecule has 0 unspecified atom stereocenters. The normalized spacial score (nSPS) is 9.95. The number of nitrogens with zero attached hydrogens (tertiary/aromatic N) is 1. The zero-order valence-corrected chi connectivity index (χ0v) is 11.4. The highest BCUT2D eigenvalue weighted by Gasteiger charge is 2.06. The number of thiazole rings is 1. The van der Waals surface area contributed by atoms with Gasteiger partial charge in [-0.2, -0.15) is 0 Å². The Labute approximate surface area is 115 Å². The van der Waals surface area contributed by atoms with Gasteiger partial charge in [0.1, 0.15) is 5.75 Å². The van der Waals surface area contributed by atoms with E-state index < -0.39 is 0 Å². The van der Waals surface area contributed by atoms with Crippen molar-refractivity contribution in [3.05, 3.63) is 35.8 Å². The molecule has 0 radical (unpaired) electrons. The molecule has 0 fully saturated rings. The molecule has 0 spiro atoms. The van der Waals surface area contributed by atoms with Crippen molar-refractivity contribution in [3.8, 4) is 5.75 Å². The van der Waals surface area contributed by atoms with E-state index >= 15 is 0 Å². The molecular weight excluding hydrogens is 262 g/mol. The standard InChI is InChI=1S/C13H15N3O2S/c1-2-18-11-6-4-3-5-10(11)15-9-12(17)16-13-14-7-8-19-13/h3-8,15H,2,9H2,1H3,(H,14,16,17). The Bertz CT molecular complexity index is 528. The molecule has 19 heavy (non-hydrogen) atoms. The highest BCUT2D eigenvalue weighted by molar-refractivity contribution is 7.13. The average molecular weight is 277 g/mol. The largest absolute Gasteiger partial charge is 0.492 e. The molecule has 1 aromatic carbocycles. The first-order chi connectivity index (χ1) is 9.29. The monoisotopic (exact) mass is 277 g/mol. The highest BCUT2D eigenvalue weighted by Crippen LogP contribution is 2.23. The van der Waals surface area contributed by atoms with Crippen LogP contribution < -0.4 is 15.4 Å². The summed E-state index contributed by atoms with van der Waals surface area (Å²) in [5, 5.41) is 8.17. The Balaban J connectivity index is 1.89. The summed E-state index contributed by atoms with van der Waals surface area (Å²) in [6, 6.07) is 7.53. The number of para-hydroxylation sites is 2. The molecular formula is C13H15N3O2S. The van der Waals surface area contributed by atoms with Crippen LogP contribution in [0.25, 0.3) is 0 Å². The summed E-state index contributed by atoms with van der Waals surface area (Å²) in [7, 11) is 0. The number of hydrogen-bond donors (Lipinski definition) is 2. The fourth-order valence-corrected chi connectivity index (χ4v) is 2.06. The molecule has 2 rings (SSSR count). The minimum atomic E-state index is -0.138. The first-order valence-electron chi connectivity index (χ1n) is 5.94. The summed E-state index contributed by atoms with van der Waals surface area (Å²) in [6.45, 7) is 2.68. The van der Waals surface area contributed by atoms with Gasteiger partial charge in [0.05, 0.1) is 18.8 Å². The van der Waals surface area contributed by atoms with Crippen LogP contribution >= 0.6 is 11.3 Å². The van der Waals surface area contributed by atoms with Gasteiger partial charge in [0.15, 0.2) is 5.13 Å². The first kappa shape index (κ1) is 13.4. The molecule has 2 aromatic rings. The number of amides is 1. The van der Waals surface area contributed by atoms with Crippen LogP contribution in [0.3, 0.4) is 0 Å². The molecule has 6 heteroatoms. The predicted molar refractivity (Wildman–Crippen MR) is 76.8 cm³/mol. The van der Waals surface area contributed by atoms with Gasteiger partial charge in [-0.1, -0.05) is 12.1 Å². The van der Waals surface area contributed by atoms with Crippen molar-refractivity contribution in [2.45, 2.75) is 6.92 Å². The number of carbonyl (C=O) groups is 1. The summed E-state index contributed by atoms with van der Waals surface area (Å²) < 4.78 is 5.47. The molecule has 0 bridgehead atoms. The van der Waals surface area contributed by atoms with E-state index in [0.717, 1.165) is 11.4 Å². The molecule has 1 aromatic heterocycles. The Hall–Kier alpha value is -2.08. The van der Waals surface area contributed by atoms with Gasteiger partial charge in [-0.3, -0.25) is 4.79 Å². The van der Waals surface area contributed by atoms with Gasteiger partial charge in [-0.05, 0) is 19.1 Å². The zero-order valence-electron chi connectivity index (χ0n) is 10.6. The summed E-state index contributed by atoms with van der Waals surface area (Å²) in [5.74, 6) is 0.605. The number of benzene rings is 1. The second-order valence-electron chi connectivity index (χ2n) is 3.67. The molecule has 5 nitrogen and oxygen atoms in total. The van der Waals surface area contributed by atoms with Crippen molar-refractivity contribution >= 4 is 28.1 Å². The second-order valence-corrected chi connectivity index (χ2v) is 4.56. The van der Waals surface area contributed by atoms with Gasteiger partial charge in [-0.15, -0.1) is 11.3 Å². The van der Waals surface area contributed by atoms with E-state index in [9.17, 15) is 4.79 Å². The maximum atomic E-state index is 11.7. The number of rotatable bonds is 6. The number of nitrogens with one attached hydrogen (secondary N) is 2. The smallest absolute Gasteiger partial charge is 0.245 e. The minimum Gasteiger partial charge on any atom is -0.492 e. The number of carbonyl (C=O) groups excluding carboxylic acids is 1. The lowest BCUT2D eigenvalue weighted by Gasteiger charge is -2.11. The summed E-state index contributed by atoms with van der Waals surface area (Å²) in [6.07, 6.45) is 1.65. The second kappa shape index (κ2) is 6.75. The van der Waals surface area contributed by atoms with Crippen LogP contribution in [-0.2, 0) is 4.79 Å². The molecule has 0 aliphatic heterocycles. The van der Waals surface area contributed by atoms with E-state index in [1.54, 1.807) is 6.20 Å². The Morgan fingerprint density at radius 2 is 2.26 bits per heavy atom. The van der Waals surface area contributed by atoms with Crippen LogP contribution in [0.5, 0.6) is 5.75 Å². The third kappa shape index (κ3) is 3.96. The van der Waals surface area contributed by atoms with E-state index in [4.69, 9.17) is 4.74 Å². The van der Waals surface area contributed by atoms with Crippen molar-refractivity contribution in [1.82, 2.24) is 4.98 Å². The van der Waals surface area contributed by atoms with Crippen LogP contribution in [-0.4, -0.2) is 24.0 Å². The van der Waals surface area contributed by atoms with Crippen molar-refractivity contribution in [2.75, 3.05) is 23.8 Å². The van der Waals surface area contributed by atoms with Crippen LogP contribution in [0.2, 0.25) is 0 Å². The Morgan fingerprint density at radius 1 is 1.42 bits per heavy atom. The van der Waals surface area contributed by atoms with Gasteiger partial charge >= 0.3 is 0 Å². The van der Waals surface area contributed by atoms with Crippen molar-refractivity contribution < 1.29 is 9.53 Å². The van der Waals surface area contributed by atoms with Gasteiger partial charge < -0.3 is 15.4 Å². The average Bonchev–Trinajstić information content (AvgIpc) is 2.91. The lowest BCUT2D eigenvalue weighted by molar-refractivity contribution is -0.114. The summed E-state index contributed by atoms with van der Waals surface area (Å²) in [4.78, 5) is 15.7. The fraction of sp³-hybridized carbons (Fsp3) is 0.231. The van der Waals surface area contributed by atoms with Gasteiger partial charge in [0.25, 0.3) is 0 Å². The zero-order chi connectivity index (χ0) is 13.5. The lowest BCUT2D eigenvalue weighted by Crippen LogP contribution is -2.21. The minimum absolute atomic E-state index is 0.138. The van der Waals surface area contributed by atoms with Crippen molar-refractivity contribution in [1.29, 1.82) is 0 Å². The molecule has 1 amide bonds. The van der Waals surface area contributed by atoms with Crippen molar-refractivity contribution in [3.63, 3.8) is 0 Å². The summed E-state index contributed by atoms with van der Waals surface area (Å²) in [5.41, 5.74) is 0.804. The number of aromatic nitrogens is 1. The topological polar surface area (TPSA) is 63.2 Å². The van der Waals surface area contributed by atoms with Crippen LogP contribution in [0.1, 0.15) is 6.92 Å². The molecule has 0 aliphatic rings. The summed E-state index contributed by atoms with van der Waals surface area (Å²) >= 11 is 1.39. The van der Waals surface area contributed by atoms with E-state index in [2.05, 4.69) is 15.6 Å². The van der Waals surface area contributed by atoms with E-state index in [-0.39, 0.29) is 12.5 Å². The maximum Gasteiger partial charge on any atom is 0.245 e. The molecule has 0 atom stereocenters. The van der Waals surface area contributed by atoms with E-state index in [1.807, 2.05) is 36.6 Å². The molecule has 0 aliphatic carbocycles. The third-order valence-electron chi connectivity index (χ3n) is 2.30. The van der Waals surface area contributed by atoms with Gasteiger partial charge in [0, 0.05) is 11.6 Å². The van der Waals surface area contributed by atoms with E-state index in [1.165, 1.54) is 11.3 Å². The number of ether oxygens (including phenoxy) is 1. The fourth-order valence-electron chi connectivity index (χ4n) is 1.52. The van der Waals surface area contributed by atoms with Crippen molar-refractivity contribution in [2.24, 2.45) is 0 Å². The lowest BCUT2D eigenvalue weighted by atomic mass is 10.3. The maximum absolute atomic E-state index is 11.7. The molecule has 1 heterocycles. The molecule has 100 valence electrons. The van der Waals surface area contributed by atoms with Crippen LogP contribution in [0.15, 0.2) is 35.8 Å². The Kier molecular flexibility index (Phi) is 4.74. The SMILES string of the molecule is CCOc1ccccc1NCC(=O)Nc1nccs1. The number of hydrogen-bond acceptors (Lipinski definition) is 5. The van der Waals surface area contributed by atoms with Crippen LogP contribution in [0, 0.1) is 0 Å². The first-order valence-corrected chi connectivity index (χ1v) is 6.82. The Morgan fingerprint density at radius 3 is 3.00 bits per heavy atom. The third-order valence-corrected chi connectivity index (χ3v) is 2.99. The molecule has 2 N–H and O–H groups in total. The van der Waals surface area contributed by atoms with Gasteiger partial charge in [0.2, 0.25) is 5.91 Å².